The van der Waals surface area contributed by atoms with E-state index in [4.69, 9.17) is 4.74 Å². The van der Waals surface area contributed by atoms with Crippen LogP contribution in [-0.4, -0.2) is 51.8 Å². The van der Waals surface area contributed by atoms with Gasteiger partial charge in [-0.3, -0.25) is 19.2 Å². The van der Waals surface area contributed by atoms with E-state index < -0.39 is 24.0 Å². The van der Waals surface area contributed by atoms with Crippen molar-refractivity contribution in [1.82, 2.24) is 20.0 Å². The summed E-state index contributed by atoms with van der Waals surface area (Å²) in [5, 5.41) is 7.02. The Labute approximate surface area is 147 Å². The van der Waals surface area contributed by atoms with Crippen LogP contribution >= 0.6 is 0 Å². The van der Waals surface area contributed by atoms with Gasteiger partial charge >= 0.3 is 12.0 Å². The second-order valence-corrected chi connectivity index (χ2v) is 6.76. The molecule has 2 rings (SSSR count). The van der Waals surface area contributed by atoms with Crippen molar-refractivity contribution >= 4 is 17.9 Å². The largest absolute Gasteiger partial charge is 0.452 e. The van der Waals surface area contributed by atoms with Crippen molar-refractivity contribution < 1.29 is 19.1 Å². The lowest BCUT2D eigenvalue weighted by Gasteiger charge is -2.18. The van der Waals surface area contributed by atoms with Crippen molar-refractivity contribution in [2.75, 3.05) is 13.1 Å². The van der Waals surface area contributed by atoms with Gasteiger partial charge in [0.25, 0.3) is 5.91 Å². The number of amides is 3. The molecule has 1 saturated heterocycles. The van der Waals surface area contributed by atoms with Gasteiger partial charge in [-0.25, -0.2) is 4.79 Å². The summed E-state index contributed by atoms with van der Waals surface area (Å²) < 4.78 is 7.12. The summed E-state index contributed by atoms with van der Waals surface area (Å²) in [5.74, 6) is -0.565. The van der Waals surface area contributed by atoms with E-state index in [1.807, 2.05) is 18.5 Å². The Kier molecular flexibility index (Phi) is 5.81. The van der Waals surface area contributed by atoms with Crippen LogP contribution in [0.1, 0.15) is 37.7 Å². The second-order valence-electron chi connectivity index (χ2n) is 6.76. The molecule has 8 heteroatoms. The van der Waals surface area contributed by atoms with E-state index in [9.17, 15) is 14.4 Å². The number of nitrogens with zero attached hydrogens (tertiary/aromatic N) is 3. The molecular weight excluding hydrogens is 324 g/mol. The highest BCUT2D eigenvalue weighted by atomic mass is 16.5. The van der Waals surface area contributed by atoms with Crippen LogP contribution in [0.4, 0.5) is 4.79 Å². The number of esters is 1. The van der Waals surface area contributed by atoms with Gasteiger partial charge in [-0.05, 0) is 26.7 Å². The molecule has 138 valence electrons. The van der Waals surface area contributed by atoms with Gasteiger partial charge in [-0.15, -0.1) is 0 Å². The Morgan fingerprint density at radius 1 is 1.28 bits per heavy atom. The molecule has 0 saturated carbocycles. The minimum atomic E-state index is -0.998. The highest BCUT2D eigenvalue weighted by molar-refractivity contribution is 5.98. The summed E-state index contributed by atoms with van der Waals surface area (Å²) >= 11 is 0. The molecule has 2 heterocycles. The molecule has 0 radical (unpaired) electrons. The number of aryl methyl sites for hydroxylation is 1. The Balaban J connectivity index is 1.99. The zero-order chi connectivity index (χ0) is 18.7. The summed E-state index contributed by atoms with van der Waals surface area (Å²) in [6.07, 6.45) is -0.942. The first-order valence-corrected chi connectivity index (χ1v) is 8.52. The minimum absolute atomic E-state index is 0.0551. The molecular formula is C17H26N4O4. The lowest BCUT2D eigenvalue weighted by atomic mass is 10.1. The number of hydrogen-bond acceptors (Lipinski definition) is 5. The van der Waals surface area contributed by atoms with E-state index in [2.05, 4.69) is 24.3 Å². The Hall–Kier alpha value is -2.38. The van der Waals surface area contributed by atoms with Crippen LogP contribution < -0.4 is 5.32 Å². The predicted molar refractivity (Wildman–Crippen MR) is 90.9 cm³/mol. The van der Waals surface area contributed by atoms with Crippen molar-refractivity contribution in [3.63, 3.8) is 0 Å². The number of hydrogen-bond donors (Lipinski definition) is 1. The molecule has 1 aliphatic rings. The van der Waals surface area contributed by atoms with E-state index in [1.165, 1.54) is 6.92 Å². The average molecular weight is 350 g/mol. The molecule has 0 aliphatic carbocycles. The molecule has 8 nitrogen and oxygen atoms in total. The highest BCUT2D eigenvalue weighted by Gasteiger charge is 2.31. The van der Waals surface area contributed by atoms with E-state index >= 15 is 0 Å². The van der Waals surface area contributed by atoms with E-state index in [1.54, 1.807) is 0 Å². The number of aromatic nitrogens is 2. The van der Waals surface area contributed by atoms with Crippen LogP contribution in [0, 0.1) is 19.8 Å². The van der Waals surface area contributed by atoms with Gasteiger partial charge in [0.15, 0.2) is 6.10 Å². The first-order chi connectivity index (χ1) is 11.7. The summed E-state index contributed by atoms with van der Waals surface area (Å²) in [5.41, 5.74) is 2.54. The molecule has 0 aromatic carbocycles. The average Bonchev–Trinajstić information content (AvgIpc) is 3.05. The molecule has 3 amide bonds. The van der Waals surface area contributed by atoms with Crippen LogP contribution in [0.3, 0.4) is 0 Å². The molecule has 0 bridgehead atoms. The van der Waals surface area contributed by atoms with E-state index in [0.717, 1.165) is 28.4 Å². The molecule has 1 fully saturated rings. The van der Waals surface area contributed by atoms with Crippen molar-refractivity contribution in [3.8, 4) is 0 Å². The van der Waals surface area contributed by atoms with Gasteiger partial charge in [0.05, 0.1) is 12.1 Å². The predicted octanol–water partition coefficient (Wildman–Crippen LogP) is 1.18. The van der Waals surface area contributed by atoms with Crippen LogP contribution in [-0.2, 0) is 27.3 Å². The van der Waals surface area contributed by atoms with Crippen LogP contribution in [0.5, 0.6) is 0 Å². The fourth-order valence-corrected chi connectivity index (χ4v) is 2.85. The third kappa shape index (κ3) is 4.37. The second kappa shape index (κ2) is 7.67. The Morgan fingerprint density at radius 2 is 1.96 bits per heavy atom. The lowest BCUT2D eigenvalue weighted by molar-refractivity contribution is -0.156. The Morgan fingerprint density at radius 3 is 2.52 bits per heavy atom. The van der Waals surface area contributed by atoms with Gasteiger partial charge in [0.1, 0.15) is 0 Å². The number of rotatable bonds is 6. The third-order valence-corrected chi connectivity index (χ3v) is 4.17. The summed E-state index contributed by atoms with van der Waals surface area (Å²) in [4.78, 5) is 37.0. The number of ether oxygens (including phenoxy) is 1. The van der Waals surface area contributed by atoms with Crippen molar-refractivity contribution in [3.05, 3.63) is 17.0 Å². The maximum atomic E-state index is 12.2. The zero-order valence-corrected chi connectivity index (χ0v) is 15.5. The zero-order valence-electron chi connectivity index (χ0n) is 15.5. The maximum Gasteiger partial charge on any atom is 0.324 e. The maximum absolute atomic E-state index is 12.2. The smallest absolute Gasteiger partial charge is 0.324 e. The monoisotopic (exact) mass is 350 g/mol. The molecule has 1 N–H and O–H groups in total. The molecule has 0 spiro atoms. The van der Waals surface area contributed by atoms with Gasteiger partial charge in [0, 0.05) is 30.9 Å². The number of nitrogens with one attached hydrogen (secondary N) is 1. The fraction of sp³-hybridized carbons (Fsp3) is 0.647. The standard InChI is InChI=1S/C17H26N4O4/c1-10(2)9-21-12(4)14(11(3)19-21)8-15(22)25-13(5)16(23)20-7-6-18-17(20)24/h10,13H,6-9H2,1-5H3,(H,18,24)/t13-/m0/s1. The molecule has 25 heavy (non-hydrogen) atoms. The van der Waals surface area contributed by atoms with E-state index in [0.29, 0.717) is 19.0 Å². The first-order valence-electron chi connectivity index (χ1n) is 8.52. The molecule has 1 aliphatic heterocycles. The SMILES string of the molecule is Cc1nn(CC(C)C)c(C)c1CC(=O)O[C@@H](C)C(=O)N1CCNC1=O. The topological polar surface area (TPSA) is 93.5 Å². The minimum Gasteiger partial charge on any atom is -0.452 e. The molecule has 1 atom stereocenters. The Bertz CT molecular complexity index is 680. The highest BCUT2D eigenvalue weighted by Crippen LogP contribution is 2.16. The first kappa shape index (κ1) is 19.0. The van der Waals surface area contributed by atoms with Crippen molar-refractivity contribution in [2.45, 2.75) is 53.7 Å². The van der Waals surface area contributed by atoms with Crippen molar-refractivity contribution in [1.29, 1.82) is 0 Å². The molecule has 1 aromatic heterocycles. The fourth-order valence-electron chi connectivity index (χ4n) is 2.85. The van der Waals surface area contributed by atoms with Gasteiger partial charge in [-0.1, -0.05) is 13.8 Å². The van der Waals surface area contributed by atoms with Crippen molar-refractivity contribution in [2.24, 2.45) is 5.92 Å². The van der Waals surface area contributed by atoms with Gasteiger partial charge in [0.2, 0.25) is 0 Å². The molecule has 1 aromatic rings. The number of urea groups is 1. The van der Waals surface area contributed by atoms with Crippen LogP contribution in [0.2, 0.25) is 0 Å². The third-order valence-electron chi connectivity index (χ3n) is 4.17. The number of carbonyl (C=O) groups is 3. The van der Waals surface area contributed by atoms with Gasteiger partial charge in [-0.2, -0.15) is 5.10 Å². The van der Waals surface area contributed by atoms with Gasteiger partial charge < -0.3 is 10.1 Å². The lowest BCUT2D eigenvalue weighted by Crippen LogP contribution is -2.42. The summed E-state index contributed by atoms with van der Waals surface area (Å²) in [6.45, 7) is 11.0. The summed E-state index contributed by atoms with van der Waals surface area (Å²) in [6, 6.07) is -0.449. The quantitative estimate of drug-likeness (QED) is 0.778. The number of carbonyl (C=O) groups excluding carboxylic acids is 3. The van der Waals surface area contributed by atoms with Crippen LogP contribution in [0.15, 0.2) is 0 Å². The summed E-state index contributed by atoms with van der Waals surface area (Å²) in [7, 11) is 0. The molecule has 0 unspecified atom stereocenters. The normalized spacial score (nSPS) is 15.4. The van der Waals surface area contributed by atoms with Crippen LogP contribution in [0.25, 0.3) is 0 Å². The number of imide groups is 1. The van der Waals surface area contributed by atoms with E-state index in [-0.39, 0.29) is 6.42 Å².